The molecule has 2 heterocycles. The van der Waals surface area contributed by atoms with Gasteiger partial charge in [0.15, 0.2) is 5.78 Å². The number of ether oxygens (including phenoxy) is 2. The Balaban J connectivity index is 1.26. The standard InChI is InChI=1S/C26H30FN3O5/c1-16-3-5-20(17(2)11-16)23(31)7-8-25(32)29-13-19-15-30(26(33)35-19)18-4-6-21(22(27)12-18)24-14-28-9-10-34-24/h3-6,11-12,19,24,28H,7-10,13-15H2,1-2H3,(H,29,32)/t19-,24?/m0/s1. The Morgan fingerprint density at radius 2 is 2.00 bits per heavy atom. The molecule has 2 aliphatic rings. The summed E-state index contributed by atoms with van der Waals surface area (Å²) in [6.45, 7) is 5.90. The first-order valence-electron chi connectivity index (χ1n) is 11.8. The molecular weight excluding hydrogens is 453 g/mol. The van der Waals surface area contributed by atoms with Gasteiger partial charge in [0.05, 0.1) is 31.5 Å². The number of aryl methyl sites for hydroxylation is 2. The fourth-order valence-electron chi connectivity index (χ4n) is 4.35. The number of nitrogens with zero attached hydrogens (tertiary/aromatic N) is 1. The van der Waals surface area contributed by atoms with Gasteiger partial charge in [-0.3, -0.25) is 14.5 Å². The summed E-state index contributed by atoms with van der Waals surface area (Å²) in [6, 6.07) is 10.2. The van der Waals surface area contributed by atoms with Crippen LogP contribution in [0.15, 0.2) is 36.4 Å². The zero-order chi connectivity index (χ0) is 24.9. The molecule has 0 aromatic heterocycles. The molecule has 4 rings (SSSR count). The lowest BCUT2D eigenvalue weighted by Crippen LogP contribution is -2.35. The number of anilines is 1. The molecule has 8 nitrogen and oxygen atoms in total. The number of carbonyl (C=O) groups is 3. The van der Waals surface area contributed by atoms with Gasteiger partial charge in [0.25, 0.3) is 0 Å². The zero-order valence-electron chi connectivity index (χ0n) is 19.9. The van der Waals surface area contributed by atoms with Crippen LogP contribution in [0.25, 0.3) is 0 Å². The van der Waals surface area contributed by atoms with E-state index in [2.05, 4.69) is 10.6 Å². The number of halogens is 1. The van der Waals surface area contributed by atoms with Crippen LogP contribution >= 0.6 is 0 Å². The van der Waals surface area contributed by atoms with E-state index >= 15 is 0 Å². The number of carbonyl (C=O) groups excluding carboxylic acids is 3. The van der Waals surface area contributed by atoms with Crippen LogP contribution in [0.5, 0.6) is 0 Å². The van der Waals surface area contributed by atoms with Crippen LogP contribution in [0.4, 0.5) is 14.9 Å². The van der Waals surface area contributed by atoms with Crippen molar-refractivity contribution in [2.24, 2.45) is 0 Å². The highest BCUT2D eigenvalue weighted by molar-refractivity contribution is 5.99. The summed E-state index contributed by atoms with van der Waals surface area (Å²) in [6.07, 6.45) is -1.40. The van der Waals surface area contributed by atoms with Crippen molar-refractivity contribution in [3.63, 3.8) is 0 Å². The van der Waals surface area contributed by atoms with Crippen LogP contribution in [-0.2, 0) is 14.3 Å². The van der Waals surface area contributed by atoms with Gasteiger partial charge in [0, 0.05) is 37.1 Å². The number of benzene rings is 2. The van der Waals surface area contributed by atoms with Crippen LogP contribution in [0.1, 0.15) is 46.0 Å². The highest BCUT2D eigenvalue weighted by Gasteiger charge is 2.33. The van der Waals surface area contributed by atoms with Crippen LogP contribution in [-0.4, -0.2) is 56.7 Å². The average molecular weight is 484 g/mol. The number of hydrogen-bond acceptors (Lipinski definition) is 6. The maximum Gasteiger partial charge on any atom is 0.414 e. The van der Waals surface area contributed by atoms with Crippen molar-refractivity contribution in [1.82, 2.24) is 10.6 Å². The molecule has 0 spiro atoms. The van der Waals surface area contributed by atoms with E-state index in [9.17, 15) is 18.8 Å². The minimum absolute atomic E-state index is 0.0430. The molecule has 1 unspecified atom stereocenters. The van der Waals surface area contributed by atoms with E-state index in [1.807, 2.05) is 26.0 Å². The molecule has 0 saturated carbocycles. The molecular formula is C26H30FN3O5. The smallest absolute Gasteiger partial charge is 0.414 e. The molecule has 186 valence electrons. The van der Waals surface area contributed by atoms with Crippen LogP contribution in [0.2, 0.25) is 0 Å². The molecule has 2 aromatic carbocycles. The lowest BCUT2D eigenvalue weighted by molar-refractivity contribution is -0.121. The first-order chi connectivity index (χ1) is 16.8. The summed E-state index contributed by atoms with van der Waals surface area (Å²) in [5.41, 5.74) is 3.40. The van der Waals surface area contributed by atoms with E-state index in [1.165, 1.54) is 11.0 Å². The summed E-state index contributed by atoms with van der Waals surface area (Å²) in [7, 11) is 0. The fourth-order valence-corrected chi connectivity index (χ4v) is 4.35. The van der Waals surface area contributed by atoms with Gasteiger partial charge >= 0.3 is 6.09 Å². The van der Waals surface area contributed by atoms with Gasteiger partial charge in [-0.05, 0) is 31.5 Å². The number of rotatable bonds is 8. The van der Waals surface area contributed by atoms with Crippen molar-refractivity contribution in [2.45, 2.75) is 38.9 Å². The monoisotopic (exact) mass is 483 g/mol. The molecule has 2 atom stereocenters. The molecule has 0 bridgehead atoms. The summed E-state index contributed by atoms with van der Waals surface area (Å²) >= 11 is 0. The Hall–Kier alpha value is -3.30. The van der Waals surface area contributed by atoms with Gasteiger partial charge in [0.2, 0.25) is 5.91 Å². The summed E-state index contributed by atoms with van der Waals surface area (Å²) in [5, 5.41) is 5.88. The normalized spacial score (nSPS) is 20.0. The highest BCUT2D eigenvalue weighted by atomic mass is 19.1. The Bertz CT molecular complexity index is 1120. The van der Waals surface area contributed by atoms with Gasteiger partial charge in [-0.25, -0.2) is 9.18 Å². The van der Waals surface area contributed by atoms with Crippen molar-refractivity contribution in [1.29, 1.82) is 0 Å². The second-order valence-corrected chi connectivity index (χ2v) is 8.93. The minimum atomic E-state index is -0.600. The third kappa shape index (κ3) is 6.04. The Labute approximate surface area is 203 Å². The summed E-state index contributed by atoms with van der Waals surface area (Å²) < 4.78 is 25.7. The number of morpholine rings is 1. The minimum Gasteiger partial charge on any atom is -0.442 e. The largest absolute Gasteiger partial charge is 0.442 e. The molecule has 2 aromatic rings. The predicted octanol–water partition coefficient (Wildman–Crippen LogP) is 3.21. The Kier molecular flexibility index (Phi) is 7.77. The predicted molar refractivity (Wildman–Crippen MR) is 128 cm³/mol. The van der Waals surface area contributed by atoms with Crippen molar-refractivity contribution in [2.75, 3.05) is 37.7 Å². The number of ketones is 1. The van der Waals surface area contributed by atoms with Gasteiger partial charge in [0.1, 0.15) is 11.9 Å². The number of nitrogens with one attached hydrogen (secondary N) is 2. The molecule has 2 amide bonds. The second-order valence-electron chi connectivity index (χ2n) is 8.93. The van der Waals surface area contributed by atoms with Gasteiger partial charge in [-0.2, -0.15) is 0 Å². The van der Waals surface area contributed by atoms with Crippen molar-refractivity contribution in [3.05, 3.63) is 64.5 Å². The molecule has 0 aliphatic carbocycles. The molecule has 2 saturated heterocycles. The topological polar surface area (TPSA) is 97.0 Å². The van der Waals surface area contributed by atoms with Crippen LogP contribution in [0, 0.1) is 19.7 Å². The molecule has 2 fully saturated rings. The van der Waals surface area contributed by atoms with Gasteiger partial charge in [-0.15, -0.1) is 0 Å². The van der Waals surface area contributed by atoms with Crippen LogP contribution < -0.4 is 15.5 Å². The Morgan fingerprint density at radius 3 is 2.71 bits per heavy atom. The van der Waals surface area contributed by atoms with Gasteiger partial charge in [-0.1, -0.05) is 29.8 Å². The SMILES string of the molecule is Cc1ccc(C(=O)CCC(=O)NC[C@H]2CN(c3ccc(C4CNCCO4)c(F)c3)C(=O)O2)c(C)c1. The van der Waals surface area contributed by atoms with Crippen LogP contribution in [0.3, 0.4) is 0 Å². The molecule has 9 heteroatoms. The lowest BCUT2D eigenvalue weighted by atomic mass is 9.99. The Morgan fingerprint density at radius 1 is 1.17 bits per heavy atom. The fraction of sp³-hybridized carbons (Fsp3) is 0.423. The maximum atomic E-state index is 14.7. The summed E-state index contributed by atoms with van der Waals surface area (Å²) in [4.78, 5) is 38.4. The number of amides is 2. The first-order valence-corrected chi connectivity index (χ1v) is 11.8. The van der Waals surface area contributed by atoms with E-state index in [0.717, 1.165) is 17.7 Å². The number of cyclic esters (lactones) is 1. The van der Waals surface area contributed by atoms with Crippen molar-refractivity contribution >= 4 is 23.5 Å². The first kappa shape index (κ1) is 24.8. The highest BCUT2D eigenvalue weighted by Crippen LogP contribution is 2.28. The van der Waals surface area contributed by atoms with E-state index < -0.39 is 18.0 Å². The van der Waals surface area contributed by atoms with E-state index in [0.29, 0.717) is 30.0 Å². The third-order valence-electron chi connectivity index (χ3n) is 6.23. The quantitative estimate of drug-likeness (QED) is 0.560. The molecule has 2 aliphatic heterocycles. The second kappa shape index (κ2) is 11.0. The number of hydrogen-bond donors (Lipinski definition) is 2. The third-order valence-corrected chi connectivity index (χ3v) is 6.23. The lowest BCUT2D eigenvalue weighted by Gasteiger charge is -2.25. The average Bonchev–Trinajstić information content (AvgIpc) is 3.22. The van der Waals surface area contributed by atoms with Crippen molar-refractivity contribution in [3.8, 4) is 0 Å². The van der Waals surface area contributed by atoms with Crippen molar-refractivity contribution < 1.29 is 28.2 Å². The van der Waals surface area contributed by atoms with E-state index in [-0.39, 0.29) is 43.7 Å². The van der Waals surface area contributed by atoms with Gasteiger partial charge < -0.3 is 20.1 Å². The van der Waals surface area contributed by atoms with E-state index in [1.54, 1.807) is 18.2 Å². The molecule has 0 radical (unpaired) electrons. The van der Waals surface area contributed by atoms with E-state index in [4.69, 9.17) is 9.47 Å². The molecule has 35 heavy (non-hydrogen) atoms. The summed E-state index contributed by atoms with van der Waals surface area (Å²) in [5.74, 6) is -0.834. The number of Topliss-reactive ketones (excluding diaryl/α,β-unsaturated/α-hetero) is 1. The maximum absolute atomic E-state index is 14.7. The zero-order valence-corrected chi connectivity index (χ0v) is 19.9. The molecule has 2 N–H and O–H groups in total.